The number of hydrogen-bond acceptors (Lipinski definition) is 3. The van der Waals surface area contributed by atoms with Crippen molar-refractivity contribution in [1.82, 2.24) is 4.90 Å². The Labute approximate surface area is 153 Å². The van der Waals surface area contributed by atoms with Gasteiger partial charge >= 0.3 is 0 Å². The van der Waals surface area contributed by atoms with Crippen molar-refractivity contribution in [3.8, 4) is 0 Å². The molecule has 2 aromatic carbocycles. The summed E-state index contributed by atoms with van der Waals surface area (Å²) < 4.78 is 0. The van der Waals surface area contributed by atoms with Crippen LogP contribution in [0.2, 0.25) is 0 Å². The van der Waals surface area contributed by atoms with Gasteiger partial charge in [-0.2, -0.15) is 0 Å². The Hall–Kier alpha value is -2.66. The molecule has 5 nitrogen and oxygen atoms in total. The van der Waals surface area contributed by atoms with Gasteiger partial charge in [0.2, 0.25) is 11.8 Å². The largest absolute Gasteiger partial charge is 0.326 e. The third kappa shape index (κ3) is 3.63. The molecule has 0 spiro atoms. The predicted octanol–water partition coefficient (Wildman–Crippen LogP) is 3.17. The first-order valence-corrected chi connectivity index (χ1v) is 9.21. The standard InChI is InChI=1S/C21H23N3O2/c25-20-11-8-16-13-17(9-10-18(16)23-20)22-21(26)19-7-4-12-24(19)14-15-5-2-1-3-6-15/h1-3,5-6,9-10,13,19H,4,7-8,11-12,14H2,(H,22,26)(H,23,25). The highest BCUT2D eigenvalue weighted by molar-refractivity contribution is 5.97. The average molecular weight is 349 g/mol. The van der Waals surface area contributed by atoms with E-state index in [2.05, 4.69) is 27.7 Å². The van der Waals surface area contributed by atoms with Gasteiger partial charge in [0.25, 0.3) is 0 Å². The summed E-state index contributed by atoms with van der Waals surface area (Å²) >= 11 is 0. The van der Waals surface area contributed by atoms with Crippen molar-refractivity contribution in [3.05, 3.63) is 59.7 Å². The normalized spacial score (nSPS) is 19.7. The van der Waals surface area contributed by atoms with Gasteiger partial charge in [-0.1, -0.05) is 30.3 Å². The second kappa shape index (κ2) is 7.30. The van der Waals surface area contributed by atoms with Crippen LogP contribution < -0.4 is 10.6 Å². The third-order valence-corrected chi connectivity index (χ3v) is 5.16. The number of rotatable bonds is 4. The van der Waals surface area contributed by atoms with Crippen molar-refractivity contribution >= 4 is 23.2 Å². The summed E-state index contributed by atoms with van der Waals surface area (Å²) in [4.78, 5) is 26.5. The van der Waals surface area contributed by atoms with Gasteiger partial charge in [-0.25, -0.2) is 0 Å². The van der Waals surface area contributed by atoms with E-state index in [9.17, 15) is 9.59 Å². The number of anilines is 2. The molecule has 0 saturated carbocycles. The zero-order valence-corrected chi connectivity index (χ0v) is 14.7. The molecular weight excluding hydrogens is 326 g/mol. The molecule has 1 unspecified atom stereocenters. The van der Waals surface area contributed by atoms with Gasteiger partial charge in [-0.15, -0.1) is 0 Å². The Balaban J connectivity index is 1.43. The van der Waals surface area contributed by atoms with E-state index in [4.69, 9.17) is 0 Å². The van der Waals surface area contributed by atoms with Crippen LogP contribution in [0.25, 0.3) is 0 Å². The topological polar surface area (TPSA) is 61.4 Å². The molecule has 2 heterocycles. The summed E-state index contributed by atoms with van der Waals surface area (Å²) in [6, 6.07) is 15.9. The molecule has 1 saturated heterocycles. The van der Waals surface area contributed by atoms with Crippen LogP contribution in [0.4, 0.5) is 11.4 Å². The smallest absolute Gasteiger partial charge is 0.241 e. The molecule has 2 aromatic rings. The first-order valence-electron chi connectivity index (χ1n) is 9.21. The van der Waals surface area contributed by atoms with Crippen LogP contribution in [-0.4, -0.2) is 29.3 Å². The molecular formula is C21H23N3O2. The number of amides is 2. The van der Waals surface area contributed by atoms with Gasteiger partial charge in [-0.3, -0.25) is 14.5 Å². The number of benzene rings is 2. The lowest BCUT2D eigenvalue weighted by molar-refractivity contribution is -0.120. The minimum atomic E-state index is -0.0917. The maximum atomic E-state index is 12.8. The second-order valence-corrected chi connectivity index (χ2v) is 7.02. The Kier molecular flexibility index (Phi) is 4.71. The molecule has 2 aliphatic heterocycles. The van der Waals surface area contributed by atoms with Gasteiger partial charge in [0, 0.05) is 24.3 Å². The molecule has 0 aromatic heterocycles. The monoisotopic (exact) mass is 349 g/mol. The lowest BCUT2D eigenvalue weighted by Gasteiger charge is -2.24. The van der Waals surface area contributed by atoms with Crippen LogP contribution in [0.1, 0.15) is 30.4 Å². The van der Waals surface area contributed by atoms with Crippen molar-refractivity contribution in [3.63, 3.8) is 0 Å². The fourth-order valence-corrected chi connectivity index (χ4v) is 3.82. The first kappa shape index (κ1) is 16.8. The maximum Gasteiger partial charge on any atom is 0.241 e. The van der Waals surface area contributed by atoms with Crippen LogP contribution in [0.3, 0.4) is 0 Å². The molecule has 5 heteroatoms. The van der Waals surface area contributed by atoms with Gasteiger partial charge in [0.05, 0.1) is 6.04 Å². The Bertz CT molecular complexity index is 819. The van der Waals surface area contributed by atoms with Crippen molar-refractivity contribution < 1.29 is 9.59 Å². The number of aryl methyl sites for hydroxylation is 1. The molecule has 0 bridgehead atoms. The highest BCUT2D eigenvalue weighted by Crippen LogP contribution is 2.27. The molecule has 134 valence electrons. The molecule has 1 fully saturated rings. The number of nitrogens with one attached hydrogen (secondary N) is 2. The van der Waals surface area contributed by atoms with E-state index in [1.165, 1.54) is 5.56 Å². The molecule has 26 heavy (non-hydrogen) atoms. The lowest BCUT2D eigenvalue weighted by Crippen LogP contribution is -2.39. The summed E-state index contributed by atoms with van der Waals surface area (Å²) in [6.07, 6.45) is 3.15. The number of hydrogen-bond donors (Lipinski definition) is 2. The number of carbonyl (C=O) groups is 2. The summed E-state index contributed by atoms with van der Waals surface area (Å²) in [6.45, 7) is 1.75. The maximum absolute atomic E-state index is 12.8. The highest BCUT2D eigenvalue weighted by Gasteiger charge is 2.30. The number of fused-ring (bicyclic) bond motifs is 1. The fraction of sp³-hybridized carbons (Fsp3) is 0.333. The van der Waals surface area contributed by atoms with Crippen molar-refractivity contribution in [1.29, 1.82) is 0 Å². The van der Waals surface area contributed by atoms with Crippen LogP contribution in [0.5, 0.6) is 0 Å². The van der Waals surface area contributed by atoms with Crippen molar-refractivity contribution in [2.24, 2.45) is 0 Å². The quantitative estimate of drug-likeness (QED) is 0.891. The van der Waals surface area contributed by atoms with Gasteiger partial charge in [-0.05, 0) is 55.1 Å². The highest BCUT2D eigenvalue weighted by atomic mass is 16.2. The van der Waals surface area contributed by atoms with Crippen LogP contribution >= 0.6 is 0 Å². The van der Waals surface area contributed by atoms with E-state index in [0.717, 1.165) is 42.9 Å². The van der Waals surface area contributed by atoms with Crippen LogP contribution in [-0.2, 0) is 22.6 Å². The van der Waals surface area contributed by atoms with E-state index < -0.39 is 0 Å². The number of nitrogens with zero attached hydrogens (tertiary/aromatic N) is 1. The Morgan fingerprint density at radius 3 is 2.85 bits per heavy atom. The molecule has 2 aliphatic rings. The summed E-state index contributed by atoms with van der Waals surface area (Å²) in [7, 11) is 0. The van der Waals surface area contributed by atoms with Gasteiger partial charge in [0.15, 0.2) is 0 Å². The molecule has 2 N–H and O–H groups in total. The molecule has 0 aliphatic carbocycles. The SMILES string of the molecule is O=C1CCc2cc(NC(=O)C3CCCN3Cc3ccccc3)ccc2N1. The molecule has 2 amide bonds. The van der Waals surface area contributed by atoms with E-state index in [0.29, 0.717) is 12.8 Å². The number of carbonyl (C=O) groups excluding carboxylic acids is 2. The third-order valence-electron chi connectivity index (χ3n) is 5.16. The molecule has 4 rings (SSSR count). The summed E-state index contributed by atoms with van der Waals surface area (Å²) in [5.74, 6) is 0.107. The predicted molar refractivity (Wildman–Crippen MR) is 102 cm³/mol. The van der Waals surface area contributed by atoms with Gasteiger partial charge < -0.3 is 10.6 Å². The van der Waals surface area contributed by atoms with Gasteiger partial charge in [0.1, 0.15) is 0 Å². The molecule has 1 atom stereocenters. The zero-order chi connectivity index (χ0) is 17.9. The van der Waals surface area contributed by atoms with Crippen LogP contribution in [0, 0.1) is 0 Å². The van der Waals surface area contributed by atoms with E-state index in [-0.39, 0.29) is 17.9 Å². The van der Waals surface area contributed by atoms with E-state index in [1.54, 1.807) is 0 Å². The first-order chi connectivity index (χ1) is 12.7. The Morgan fingerprint density at radius 1 is 1.15 bits per heavy atom. The molecule has 0 radical (unpaired) electrons. The van der Waals surface area contributed by atoms with E-state index in [1.807, 2.05) is 36.4 Å². The lowest BCUT2D eigenvalue weighted by atomic mass is 10.0. The average Bonchev–Trinajstić information content (AvgIpc) is 3.11. The van der Waals surface area contributed by atoms with Crippen molar-refractivity contribution in [2.45, 2.75) is 38.3 Å². The van der Waals surface area contributed by atoms with E-state index >= 15 is 0 Å². The summed E-state index contributed by atoms with van der Waals surface area (Å²) in [5.41, 5.74) is 3.97. The minimum absolute atomic E-state index is 0.0526. The Morgan fingerprint density at radius 2 is 2.00 bits per heavy atom. The fourth-order valence-electron chi connectivity index (χ4n) is 3.82. The number of likely N-dealkylation sites (tertiary alicyclic amines) is 1. The minimum Gasteiger partial charge on any atom is -0.326 e. The summed E-state index contributed by atoms with van der Waals surface area (Å²) in [5, 5.41) is 5.94. The van der Waals surface area contributed by atoms with Crippen LogP contribution in [0.15, 0.2) is 48.5 Å². The van der Waals surface area contributed by atoms with Crippen molar-refractivity contribution in [2.75, 3.05) is 17.2 Å². The second-order valence-electron chi connectivity index (χ2n) is 7.02. The zero-order valence-electron chi connectivity index (χ0n) is 14.7.